The molecule has 1 heterocycles. The van der Waals surface area contributed by atoms with E-state index in [1.165, 1.54) is 0 Å². The summed E-state index contributed by atoms with van der Waals surface area (Å²) in [6.45, 7) is 5.91. The molecule has 0 fully saturated rings. The molecule has 0 bridgehead atoms. The lowest BCUT2D eigenvalue weighted by Gasteiger charge is -2.08. The summed E-state index contributed by atoms with van der Waals surface area (Å²) in [6, 6.07) is 1.85. The van der Waals surface area contributed by atoms with Gasteiger partial charge in [0.05, 0.1) is 5.69 Å². The standard InChI is InChI=1S/C9H13NO/c1-6(2)8-4-5-10-7(3)9(8)11/h4-6,11H,1-3H3. The van der Waals surface area contributed by atoms with Crippen molar-refractivity contribution in [1.82, 2.24) is 4.98 Å². The summed E-state index contributed by atoms with van der Waals surface area (Å²) in [6.07, 6.45) is 1.73. The summed E-state index contributed by atoms with van der Waals surface area (Å²) in [5, 5.41) is 9.51. The van der Waals surface area contributed by atoms with E-state index >= 15 is 0 Å². The van der Waals surface area contributed by atoms with Gasteiger partial charge in [-0.2, -0.15) is 0 Å². The Morgan fingerprint density at radius 1 is 1.45 bits per heavy atom. The first-order valence-corrected chi connectivity index (χ1v) is 3.77. The van der Waals surface area contributed by atoms with Crippen molar-refractivity contribution in [2.75, 3.05) is 0 Å². The second-order valence-electron chi connectivity index (χ2n) is 2.99. The fourth-order valence-corrected chi connectivity index (χ4v) is 1.04. The van der Waals surface area contributed by atoms with Crippen LogP contribution in [0.1, 0.15) is 31.0 Å². The topological polar surface area (TPSA) is 33.1 Å². The first kappa shape index (κ1) is 8.05. The highest BCUT2D eigenvalue weighted by atomic mass is 16.3. The maximum atomic E-state index is 9.51. The quantitative estimate of drug-likeness (QED) is 0.667. The minimum absolute atomic E-state index is 0.336. The molecule has 0 unspecified atom stereocenters. The number of pyridine rings is 1. The van der Waals surface area contributed by atoms with Gasteiger partial charge in [-0.15, -0.1) is 0 Å². The van der Waals surface area contributed by atoms with E-state index in [2.05, 4.69) is 18.8 Å². The predicted molar refractivity (Wildman–Crippen MR) is 44.7 cm³/mol. The lowest BCUT2D eigenvalue weighted by molar-refractivity contribution is 0.457. The van der Waals surface area contributed by atoms with E-state index < -0.39 is 0 Å². The molecule has 2 nitrogen and oxygen atoms in total. The van der Waals surface area contributed by atoms with Crippen LogP contribution in [0.3, 0.4) is 0 Å². The molecule has 2 heteroatoms. The Kier molecular flexibility index (Phi) is 2.13. The average Bonchev–Trinajstić information content (AvgIpc) is 1.94. The predicted octanol–water partition coefficient (Wildman–Crippen LogP) is 2.22. The van der Waals surface area contributed by atoms with Gasteiger partial charge in [0.15, 0.2) is 0 Å². The van der Waals surface area contributed by atoms with Crippen LogP contribution >= 0.6 is 0 Å². The minimum Gasteiger partial charge on any atom is -0.506 e. The Balaban J connectivity index is 3.17. The number of aromatic nitrogens is 1. The number of hydrogen-bond acceptors (Lipinski definition) is 2. The van der Waals surface area contributed by atoms with Crippen molar-refractivity contribution in [2.45, 2.75) is 26.7 Å². The molecule has 0 amide bonds. The van der Waals surface area contributed by atoms with Crippen molar-refractivity contribution in [3.05, 3.63) is 23.5 Å². The number of aromatic hydroxyl groups is 1. The van der Waals surface area contributed by atoms with E-state index in [1.54, 1.807) is 13.1 Å². The van der Waals surface area contributed by atoms with Crippen molar-refractivity contribution in [2.24, 2.45) is 0 Å². The Morgan fingerprint density at radius 2 is 2.09 bits per heavy atom. The van der Waals surface area contributed by atoms with E-state index in [0.717, 1.165) is 5.56 Å². The molecule has 60 valence electrons. The third-order valence-electron chi connectivity index (χ3n) is 1.76. The molecule has 0 saturated carbocycles. The van der Waals surface area contributed by atoms with Crippen molar-refractivity contribution >= 4 is 0 Å². The van der Waals surface area contributed by atoms with E-state index in [1.807, 2.05) is 6.07 Å². The Labute approximate surface area is 66.9 Å². The minimum atomic E-state index is 0.336. The van der Waals surface area contributed by atoms with Crippen LogP contribution in [0.15, 0.2) is 12.3 Å². The zero-order chi connectivity index (χ0) is 8.43. The van der Waals surface area contributed by atoms with Crippen LogP contribution in [0.2, 0.25) is 0 Å². The molecule has 1 N–H and O–H groups in total. The number of hydrogen-bond donors (Lipinski definition) is 1. The van der Waals surface area contributed by atoms with Gasteiger partial charge in [-0.3, -0.25) is 4.98 Å². The van der Waals surface area contributed by atoms with Crippen LogP contribution in [0, 0.1) is 6.92 Å². The molecule has 0 aliphatic carbocycles. The lowest BCUT2D eigenvalue weighted by atomic mass is 10.0. The Hall–Kier alpha value is -1.05. The van der Waals surface area contributed by atoms with E-state index in [0.29, 0.717) is 17.4 Å². The van der Waals surface area contributed by atoms with Gasteiger partial charge in [-0.05, 0) is 24.5 Å². The van der Waals surface area contributed by atoms with Crippen LogP contribution < -0.4 is 0 Å². The number of aryl methyl sites for hydroxylation is 1. The summed E-state index contributed by atoms with van der Waals surface area (Å²) in [7, 11) is 0. The van der Waals surface area contributed by atoms with Gasteiger partial charge in [0.1, 0.15) is 5.75 Å². The summed E-state index contributed by atoms with van der Waals surface area (Å²) >= 11 is 0. The van der Waals surface area contributed by atoms with Crippen molar-refractivity contribution in [3.8, 4) is 5.75 Å². The third-order valence-corrected chi connectivity index (χ3v) is 1.76. The SMILES string of the molecule is Cc1nccc(C(C)C)c1O. The first-order chi connectivity index (χ1) is 5.13. The van der Waals surface area contributed by atoms with Gasteiger partial charge in [0.2, 0.25) is 0 Å². The fourth-order valence-electron chi connectivity index (χ4n) is 1.04. The molecule has 0 aliphatic rings. The molecule has 0 radical (unpaired) electrons. The normalized spacial score (nSPS) is 10.5. The smallest absolute Gasteiger partial charge is 0.140 e. The van der Waals surface area contributed by atoms with E-state index in [-0.39, 0.29) is 0 Å². The molecule has 1 aromatic heterocycles. The van der Waals surface area contributed by atoms with Crippen molar-refractivity contribution in [1.29, 1.82) is 0 Å². The van der Waals surface area contributed by atoms with Crippen LogP contribution in [0.4, 0.5) is 0 Å². The number of rotatable bonds is 1. The highest BCUT2D eigenvalue weighted by Gasteiger charge is 2.06. The van der Waals surface area contributed by atoms with E-state index in [4.69, 9.17) is 0 Å². The molecule has 0 atom stereocenters. The molecule has 0 saturated heterocycles. The Bertz CT molecular complexity index is 256. The van der Waals surface area contributed by atoms with Gasteiger partial charge < -0.3 is 5.11 Å². The van der Waals surface area contributed by atoms with Gasteiger partial charge >= 0.3 is 0 Å². The molecule has 1 rings (SSSR count). The van der Waals surface area contributed by atoms with Crippen LogP contribution in [-0.4, -0.2) is 10.1 Å². The van der Waals surface area contributed by atoms with Crippen LogP contribution in [0.25, 0.3) is 0 Å². The van der Waals surface area contributed by atoms with Crippen LogP contribution in [0.5, 0.6) is 5.75 Å². The van der Waals surface area contributed by atoms with Crippen molar-refractivity contribution in [3.63, 3.8) is 0 Å². The molecule has 11 heavy (non-hydrogen) atoms. The van der Waals surface area contributed by atoms with Gasteiger partial charge in [-0.1, -0.05) is 13.8 Å². The zero-order valence-corrected chi connectivity index (χ0v) is 7.13. The molecular formula is C9H13NO. The zero-order valence-electron chi connectivity index (χ0n) is 7.13. The summed E-state index contributed by atoms with van der Waals surface area (Å²) < 4.78 is 0. The highest BCUT2D eigenvalue weighted by Crippen LogP contribution is 2.26. The van der Waals surface area contributed by atoms with Crippen molar-refractivity contribution < 1.29 is 5.11 Å². The average molecular weight is 151 g/mol. The summed E-state index contributed by atoms with van der Waals surface area (Å²) in [5.74, 6) is 0.694. The first-order valence-electron chi connectivity index (χ1n) is 3.77. The third kappa shape index (κ3) is 1.50. The fraction of sp³-hybridized carbons (Fsp3) is 0.444. The highest BCUT2D eigenvalue weighted by molar-refractivity contribution is 5.36. The van der Waals surface area contributed by atoms with Gasteiger partial charge in [-0.25, -0.2) is 0 Å². The summed E-state index contributed by atoms with van der Waals surface area (Å²) in [5.41, 5.74) is 1.67. The summed E-state index contributed by atoms with van der Waals surface area (Å²) in [4.78, 5) is 3.97. The van der Waals surface area contributed by atoms with E-state index in [9.17, 15) is 5.11 Å². The second-order valence-corrected chi connectivity index (χ2v) is 2.99. The second kappa shape index (κ2) is 2.91. The molecule has 0 aromatic carbocycles. The molecule has 1 aromatic rings. The Morgan fingerprint density at radius 3 is 2.55 bits per heavy atom. The lowest BCUT2D eigenvalue weighted by Crippen LogP contribution is -1.91. The number of nitrogens with zero attached hydrogens (tertiary/aromatic N) is 1. The van der Waals surface area contributed by atoms with Gasteiger partial charge in [0, 0.05) is 6.20 Å². The van der Waals surface area contributed by atoms with Gasteiger partial charge in [0.25, 0.3) is 0 Å². The maximum absolute atomic E-state index is 9.51. The molecule has 0 spiro atoms. The molecule has 0 aliphatic heterocycles. The largest absolute Gasteiger partial charge is 0.506 e. The maximum Gasteiger partial charge on any atom is 0.140 e. The van der Waals surface area contributed by atoms with Crippen LogP contribution in [-0.2, 0) is 0 Å². The monoisotopic (exact) mass is 151 g/mol. The molecular weight excluding hydrogens is 138 g/mol.